The summed E-state index contributed by atoms with van der Waals surface area (Å²) in [6.07, 6.45) is 2.09. The number of benzene rings is 1. The van der Waals surface area contributed by atoms with Gasteiger partial charge in [0.25, 0.3) is 0 Å². The minimum Gasteiger partial charge on any atom is -0.330 e. The van der Waals surface area contributed by atoms with Gasteiger partial charge in [0.15, 0.2) is 0 Å². The van der Waals surface area contributed by atoms with Gasteiger partial charge in [0.1, 0.15) is 11.6 Å². The molecule has 0 bridgehead atoms. The van der Waals surface area contributed by atoms with E-state index in [0.29, 0.717) is 12.1 Å². The van der Waals surface area contributed by atoms with Gasteiger partial charge in [0, 0.05) is 18.5 Å². The molecule has 1 aliphatic rings. The Kier molecular flexibility index (Phi) is 3.74. The van der Waals surface area contributed by atoms with Gasteiger partial charge in [-0.3, -0.25) is 0 Å². The van der Waals surface area contributed by atoms with Crippen LogP contribution in [0.15, 0.2) is 18.2 Å². The predicted molar refractivity (Wildman–Crippen MR) is 63.8 cm³/mol. The molecular formula is C13H18F2N2. The Hall–Kier alpha value is -1.00. The Morgan fingerprint density at radius 2 is 2.24 bits per heavy atom. The maximum atomic E-state index is 13.7. The van der Waals surface area contributed by atoms with Crippen LogP contribution in [0.2, 0.25) is 0 Å². The van der Waals surface area contributed by atoms with Crippen molar-refractivity contribution >= 4 is 0 Å². The Labute approximate surface area is 100 Å². The minimum atomic E-state index is -0.402. The number of hydrogen-bond acceptors (Lipinski definition) is 2. The Balaban J connectivity index is 2.31. The molecule has 4 heteroatoms. The van der Waals surface area contributed by atoms with E-state index in [4.69, 9.17) is 5.73 Å². The molecule has 1 heterocycles. The molecule has 0 radical (unpaired) electrons. The van der Waals surface area contributed by atoms with Crippen molar-refractivity contribution in [2.75, 3.05) is 20.1 Å². The molecule has 1 fully saturated rings. The van der Waals surface area contributed by atoms with Crippen LogP contribution in [0.4, 0.5) is 8.78 Å². The summed E-state index contributed by atoms with van der Waals surface area (Å²) in [5, 5.41) is 0. The molecule has 0 spiro atoms. The van der Waals surface area contributed by atoms with E-state index in [1.54, 1.807) is 0 Å². The molecule has 17 heavy (non-hydrogen) atoms. The van der Waals surface area contributed by atoms with Crippen molar-refractivity contribution in [3.8, 4) is 0 Å². The van der Waals surface area contributed by atoms with E-state index in [0.717, 1.165) is 25.5 Å². The van der Waals surface area contributed by atoms with Crippen LogP contribution in [-0.4, -0.2) is 31.1 Å². The van der Waals surface area contributed by atoms with Crippen molar-refractivity contribution in [1.82, 2.24) is 4.90 Å². The van der Waals surface area contributed by atoms with Crippen molar-refractivity contribution in [1.29, 1.82) is 0 Å². The number of nitrogens with two attached hydrogens (primary N) is 1. The Morgan fingerprint density at radius 1 is 1.47 bits per heavy atom. The zero-order valence-electron chi connectivity index (χ0n) is 10.00. The summed E-state index contributed by atoms with van der Waals surface area (Å²) in [4.78, 5) is 2.18. The lowest BCUT2D eigenvalue weighted by molar-refractivity contribution is 0.269. The zero-order valence-corrected chi connectivity index (χ0v) is 10.00. The van der Waals surface area contributed by atoms with Gasteiger partial charge < -0.3 is 10.6 Å². The van der Waals surface area contributed by atoms with E-state index in [9.17, 15) is 8.78 Å². The first kappa shape index (κ1) is 12.5. The quantitative estimate of drug-likeness (QED) is 0.876. The second-order valence-corrected chi connectivity index (χ2v) is 4.70. The van der Waals surface area contributed by atoms with Gasteiger partial charge in [-0.2, -0.15) is 0 Å². The summed E-state index contributed by atoms with van der Waals surface area (Å²) in [6.45, 7) is 1.34. The Bertz CT molecular complexity index is 395. The first-order valence-corrected chi connectivity index (χ1v) is 5.98. The first-order chi connectivity index (χ1) is 8.13. The fourth-order valence-corrected chi connectivity index (χ4v) is 2.73. The van der Waals surface area contributed by atoms with Gasteiger partial charge in [0.05, 0.1) is 0 Å². The fourth-order valence-electron chi connectivity index (χ4n) is 2.73. The van der Waals surface area contributed by atoms with Crippen molar-refractivity contribution in [2.45, 2.75) is 24.8 Å². The summed E-state index contributed by atoms with van der Waals surface area (Å²) < 4.78 is 27.0. The number of likely N-dealkylation sites (N-methyl/N-ethyl adjacent to an activating group) is 1. The van der Waals surface area contributed by atoms with E-state index in [1.165, 1.54) is 12.1 Å². The normalized spacial score (nSPS) is 22.9. The number of rotatable bonds is 3. The van der Waals surface area contributed by atoms with Crippen molar-refractivity contribution in [2.24, 2.45) is 5.73 Å². The van der Waals surface area contributed by atoms with Crippen molar-refractivity contribution in [3.63, 3.8) is 0 Å². The molecule has 0 aliphatic carbocycles. The van der Waals surface area contributed by atoms with Crippen molar-refractivity contribution in [3.05, 3.63) is 35.4 Å². The highest BCUT2D eigenvalue weighted by Crippen LogP contribution is 2.31. The lowest BCUT2D eigenvalue weighted by Gasteiger charge is -2.28. The molecule has 94 valence electrons. The maximum Gasteiger partial charge on any atom is 0.126 e. The van der Waals surface area contributed by atoms with Gasteiger partial charge in [-0.15, -0.1) is 0 Å². The molecule has 2 N–H and O–H groups in total. The molecule has 2 rings (SSSR count). The molecule has 1 aliphatic heterocycles. The van der Waals surface area contributed by atoms with Crippen LogP contribution < -0.4 is 5.73 Å². The standard InChI is InChI=1S/C13H18F2N2/c1-17-6-2-3-13(17)11(8-16)10-7-9(14)4-5-12(10)15/h4-5,7,11,13H,2-3,6,8,16H2,1H3. The second kappa shape index (κ2) is 5.10. The molecule has 1 saturated heterocycles. The molecule has 2 nitrogen and oxygen atoms in total. The van der Waals surface area contributed by atoms with Crippen LogP contribution in [0.5, 0.6) is 0 Å². The highest BCUT2D eigenvalue weighted by molar-refractivity contribution is 5.25. The monoisotopic (exact) mass is 240 g/mol. The Morgan fingerprint density at radius 3 is 2.82 bits per heavy atom. The number of halogens is 2. The van der Waals surface area contributed by atoms with Gasteiger partial charge in [0.2, 0.25) is 0 Å². The van der Waals surface area contributed by atoms with Crippen LogP contribution in [0, 0.1) is 11.6 Å². The summed E-state index contributed by atoms with van der Waals surface area (Å²) >= 11 is 0. The topological polar surface area (TPSA) is 29.3 Å². The minimum absolute atomic E-state index is 0.127. The SMILES string of the molecule is CN1CCCC1C(CN)c1cc(F)ccc1F. The van der Waals surface area contributed by atoms with E-state index in [2.05, 4.69) is 4.90 Å². The third-order valence-corrected chi connectivity index (χ3v) is 3.65. The lowest BCUT2D eigenvalue weighted by atomic mass is 9.89. The van der Waals surface area contributed by atoms with E-state index < -0.39 is 5.82 Å². The third-order valence-electron chi connectivity index (χ3n) is 3.65. The van der Waals surface area contributed by atoms with Crippen molar-refractivity contribution < 1.29 is 8.78 Å². The zero-order chi connectivity index (χ0) is 12.4. The lowest BCUT2D eigenvalue weighted by Crippen LogP contribution is -2.35. The van der Waals surface area contributed by atoms with Gasteiger partial charge >= 0.3 is 0 Å². The maximum absolute atomic E-state index is 13.7. The van der Waals surface area contributed by atoms with Gasteiger partial charge in [-0.25, -0.2) is 8.78 Å². The molecule has 0 saturated carbocycles. The number of hydrogen-bond donors (Lipinski definition) is 1. The molecular weight excluding hydrogens is 222 g/mol. The summed E-state index contributed by atoms with van der Waals surface area (Å²) in [7, 11) is 2.01. The highest BCUT2D eigenvalue weighted by Gasteiger charge is 2.31. The second-order valence-electron chi connectivity index (χ2n) is 4.70. The predicted octanol–water partition coefficient (Wildman–Crippen LogP) is 2.10. The van der Waals surface area contributed by atoms with E-state index in [1.807, 2.05) is 7.05 Å². The highest BCUT2D eigenvalue weighted by atomic mass is 19.1. The largest absolute Gasteiger partial charge is 0.330 e. The van der Waals surface area contributed by atoms with Crippen LogP contribution in [-0.2, 0) is 0 Å². The third kappa shape index (κ3) is 2.48. The van der Waals surface area contributed by atoms with Crippen LogP contribution in [0.25, 0.3) is 0 Å². The molecule has 0 amide bonds. The molecule has 0 aromatic heterocycles. The number of nitrogens with zero attached hydrogens (tertiary/aromatic N) is 1. The van der Waals surface area contributed by atoms with Crippen LogP contribution >= 0.6 is 0 Å². The fraction of sp³-hybridized carbons (Fsp3) is 0.538. The van der Waals surface area contributed by atoms with E-state index >= 15 is 0 Å². The number of likely N-dealkylation sites (tertiary alicyclic amines) is 1. The average molecular weight is 240 g/mol. The van der Waals surface area contributed by atoms with Crippen LogP contribution in [0.3, 0.4) is 0 Å². The summed E-state index contributed by atoms with van der Waals surface area (Å²) in [5.74, 6) is -0.888. The molecule has 1 aromatic rings. The van der Waals surface area contributed by atoms with Gasteiger partial charge in [-0.1, -0.05) is 0 Å². The van der Waals surface area contributed by atoms with Crippen LogP contribution in [0.1, 0.15) is 24.3 Å². The first-order valence-electron chi connectivity index (χ1n) is 5.98. The van der Waals surface area contributed by atoms with Gasteiger partial charge in [-0.05, 0) is 50.2 Å². The summed E-state index contributed by atoms with van der Waals surface area (Å²) in [5.41, 5.74) is 6.16. The summed E-state index contributed by atoms with van der Waals surface area (Å²) in [6, 6.07) is 3.82. The van der Waals surface area contributed by atoms with E-state index in [-0.39, 0.29) is 17.8 Å². The smallest absolute Gasteiger partial charge is 0.126 e. The molecule has 2 atom stereocenters. The molecule has 1 aromatic carbocycles. The average Bonchev–Trinajstić information content (AvgIpc) is 2.71. The molecule has 2 unspecified atom stereocenters.